The molecule has 2 heterocycles. The van der Waals surface area contributed by atoms with E-state index in [0.29, 0.717) is 30.0 Å². The van der Waals surface area contributed by atoms with Gasteiger partial charge in [0.25, 0.3) is 5.22 Å². The number of aryl methyl sites for hydroxylation is 1. The van der Waals surface area contributed by atoms with Gasteiger partial charge in [0.15, 0.2) is 17.6 Å². The zero-order chi connectivity index (χ0) is 16.2. The molecule has 0 aliphatic carbocycles. The third-order valence-corrected chi connectivity index (χ3v) is 4.10. The minimum atomic E-state index is -0.186. The number of carbonyl (C=O) groups excluding carboxylic acids is 1. The van der Waals surface area contributed by atoms with E-state index >= 15 is 0 Å². The molecule has 1 amide bonds. The molecule has 1 aromatic heterocycles. The number of fused-ring (bicyclic) bond motifs is 1. The van der Waals surface area contributed by atoms with Gasteiger partial charge in [0, 0.05) is 14.0 Å². The van der Waals surface area contributed by atoms with Crippen molar-refractivity contribution in [1.29, 1.82) is 0 Å². The summed E-state index contributed by atoms with van der Waals surface area (Å²) in [6.07, 6.45) is -0.186. The average Bonchev–Trinajstić information content (AvgIpc) is 2.98. The first kappa shape index (κ1) is 15.7. The molecule has 0 saturated heterocycles. The topological polar surface area (TPSA) is 77.7 Å². The van der Waals surface area contributed by atoms with E-state index in [0.717, 1.165) is 5.75 Å². The smallest absolute Gasteiger partial charge is 0.277 e. The Hall–Kier alpha value is -2.22. The second-order valence-electron chi connectivity index (χ2n) is 5.15. The SMILES string of the molecule is Cc1nnc(SCC(=O)N(C)CC2COc3ccccc3O2)o1. The summed E-state index contributed by atoms with van der Waals surface area (Å²) < 4.78 is 16.7. The Kier molecular flexibility index (Phi) is 4.71. The predicted molar refractivity (Wildman–Crippen MR) is 83.7 cm³/mol. The van der Waals surface area contributed by atoms with Gasteiger partial charge in [-0.05, 0) is 12.1 Å². The van der Waals surface area contributed by atoms with Gasteiger partial charge in [0.2, 0.25) is 11.8 Å². The van der Waals surface area contributed by atoms with Crippen LogP contribution in [0.15, 0.2) is 33.9 Å². The third kappa shape index (κ3) is 3.95. The van der Waals surface area contributed by atoms with Crippen LogP contribution >= 0.6 is 11.8 Å². The maximum Gasteiger partial charge on any atom is 0.277 e. The molecule has 1 atom stereocenters. The summed E-state index contributed by atoms with van der Waals surface area (Å²) in [5.41, 5.74) is 0. The van der Waals surface area contributed by atoms with Gasteiger partial charge in [-0.3, -0.25) is 4.79 Å². The highest BCUT2D eigenvalue weighted by Crippen LogP contribution is 2.31. The van der Waals surface area contributed by atoms with Gasteiger partial charge in [0.05, 0.1) is 12.3 Å². The van der Waals surface area contributed by atoms with Gasteiger partial charge in [0.1, 0.15) is 6.61 Å². The van der Waals surface area contributed by atoms with Crippen LogP contribution in [0.4, 0.5) is 0 Å². The lowest BCUT2D eigenvalue weighted by Gasteiger charge is -2.29. The van der Waals surface area contributed by atoms with Gasteiger partial charge >= 0.3 is 0 Å². The molecule has 23 heavy (non-hydrogen) atoms. The van der Waals surface area contributed by atoms with E-state index in [1.54, 1.807) is 18.9 Å². The van der Waals surface area contributed by atoms with Crippen LogP contribution in [0.25, 0.3) is 0 Å². The molecule has 3 rings (SSSR count). The number of hydrogen-bond acceptors (Lipinski definition) is 7. The molecule has 1 unspecified atom stereocenters. The van der Waals surface area contributed by atoms with Crippen LogP contribution in [-0.4, -0.2) is 53.1 Å². The summed E-state index contributed by atoms with van der Waals surface area (Å²) in [5.74, 6) is 2.14. The molecule has 0 spiro atoms. The molecule has 7 nitrogen and oxygen atoms in total. The lowest BCUT2D eigenvalue weighted by molar-refractivity contribution is -0.128. The molecule has 0 fully saturated rings. The van der Waals surface area contributed by atoms with Crippen molar-refractivity contribution in [3.63, 3.8) is 0 Å². The Bertz CT molecular complexity index is 691. The molecule has 122 valence electrons. The fraction of sp³-hybridized carbons (Fsp3) is 0.400. The molecule has 0 bridgehead atoms. The van der Waals surface area contributed by atoms with E-state index in [1.807, 2.05) is 24.3 Å². The van der Waals surface area contributed by atoms with E-state index < -0.39 is 0 Å². The minimum absolute atomic E-state index is 0.0340. The molecule has 8 heteroatoms. The van der Waals surface area contributed by atoms with E-state index in [2.05, 4.69) is 10.2 Å². The number of hydrogen-bond donors (Lipinski definition) is 0. The molecule has 1 aliphatic rings. The van der Waals surface area contributed by atoms with Crippen molar-refractivity contribution in [1.82, 2.24) is 15.1 Å². The summed E-state index contributed by atoms with van der Waals surface area (Å²) in [6.45, 7) is 2.59. The predicted octanol–water partition coefficient (Wildman–Crippen LogP) is 1.77. The van der Waals surface area contributed by atoms with Crippen molar-refractivity contribution >= 4 is 17.7 Å². The molecule has 1 aromatic carbocycles. The molecular formula is C15H17N3O4S. The highest BCUT2D eigenvalue weighted by molar-refractivity contribution is 7.99. The highest BCUT2D eigenvalue weighted by atomic mass is 32.2. The lowest BCUT2D eigenvalue weighted by Crippen LogP contribution is -2.42. The summed E-state index contributed by atoms with van der Waals surface area (Å²) >= 11 is 1.22. The number of carbonyl (C=O) groups is 1. The van der Waals surface area contributed by atoms with Crippen molar-refractivity contribution < 1.29 is 18.7 Å². The van der Waals surface area contributed by atoms with Crippen molar-refractivity contribution in [2.75, 3.05) is 26.0 Å². The number of rotatable bonds is 5. The number of aromatic nitrogens is 2. The molecular weight excluding hydrogens is 318 g/mol. The first-order valence-electron chi connectivity index (χ1n) is 7.17. The van der Waals surface area contributed by atoms with Crippen molar-refractivity contribution in [3.05, 3.63) is 30.2 Å². The second kappa shape index (κ2) is 6.91. The number of ether oxygens (including phenoxy) is 2. The fourth-order valence-electron chi connectivity index (χ4n) is 2.13. The lowest BCUT2D eigenvalue weighted by atomic mass is 10.2. The number of para-hydroxylation sites is 2. The third-order valence-electron chi connectivity index (χ3n) is 3.30. The van der Waals surface area contributed by atoms with Crippen molar-refractivity contribution in [2.24, 2.45) is 0 Å². The number of benzene rings is 1. The van der Waals surface area contributed by atoms with E-state index in [1.165, 1.54) is 11.8 Å². The number of nitrogens with zero attached hydrogens (tertiary/aromatic N) is 3. The summed E-state index contributed by atoms with van der Waals surface area (Å²) in [6, 6.07) is 7.51. The van der Waals surface area contributed by atoms with Crippen LogP contribution in [0.3, 0.4) is 0 Å². The Morgan fingerprint density at radius 1 is 1.35 bits per heavy atom. The Morgan fingerprint density at radius 2 is 2.13 bits per heavy atom. The quantitative estimate of drug-likeness (QED) is 0.771. The molecule has 0 saturated carbocycles. The molecule has 1 aliphatic heterocycles. The monoisotopic (exact) mass is 335 g/mol. The van der Waals surface area contributed by atoms with Crippen LogP contribution in [0.2, 0.25) is 0 Å². The average molecular weight is 335 g/mol. The first-order chi connectivity index (χ1) is 11.1. The summed E-state index contributed by atoms with van der Waals surface area (Å²) in [5, 5.41) is 7.97. The van der Waals surface area contributed by atoms with Crippen molar-refractivity contribution in [3.8, 4) is 11.5 Å². The van der Waals surface area contributed by atoms with Gasteiger partial charge < -0.3 is 18.8 Å². The Labute approximate surface area is 138 Å². The van der Waals surface area contributed by atoms with Gasteiger partial charge in [-0.15, -0.1) is 10.2 Å². The molecule has 0 N–H and O–H groups in total. The maximum absolute atomic E-state index is 12.2. The number of likely N-dealkylation sites (N-methyl/N-ethyl adjacent to an activating group) is 1. The highest BCUT2D eigenvalue weighted by Gasteiger charge is 2.23. The zero-order valence-corrected chi connectivity index (χ0v) is 13.7. The summed E-state index contributed by atoms with van der Waals surface area (Å²) in [7, 11) is 1.74. The Morgan fingerprint density at radius 3 is 2.87 bits per heavy atom. The fourth-order valence-corrected chi connectivity index (χ4v) is 2.88. The minimum Gasteiger partial charge on any atom is -0.486 e. The van der Waals surface area contributed by atoms with Crippen LogP contribution in [0.5, 0.6) is 11.5 Å². The van der Waals surface area contributed by atoms with E-state index in [4.69, 9.17) is 13.9 Å². The maximum atomic E-state index is 12.2. The summed E-state index contributed by atoms with van der Waals surface area (Å²) in [4.78, 5) is 13.8. The van der Waals surface area contributed by atoms with E-state index in [-0.39, 0.29) is 17.8 Å². The zero-order valence-electron chi connectivity index (χ0n) is 12.9. The van der Waals surface area contributed by atoms with Gasteiger partial charge in [-0.25, -0.2) is 0 Å². The van der Waals surface area contributed by atoms with Gasteiger partial charge in [-0.1, -0.05) is 23.9 Å². The number of thioether (sulfide) groups is 1. The van der Waals surface area contributed by atoms with Crippen LogP contribution in [0, 0.1) is 6.92 Å². The van der Waals surface area contributed by atoms with Crippen LogP contribution in [-0.2, 0) is 4.79 Å². The standard InChI is InChI=1S/C15H17N3O4S/c1-10-16-17-15(21-10)23-9-14(19)18(2)7-11-8-20-12-5-3-4-6-13(12)22-11/h3-6,11H,7-9H2,1-2H3. The van der Waals surface area contributed by atoms with Crippen LogP contribution in [0.1, 0.15) is 5.89 Å². The largest absolute Gasteiger partial charge is 0.486 e. The number of amides is 1. The first-order valence-corrected chi connectivity index (χ1v) is 8.16. The van der Waals surface area contributed by atoms with Crippen molar-refractivity contribution in [2.45, 2.75) is 18.3 Å². The molecule has 2 aromatic rings. The molecule has 0 radical (unpaired) electrons. The van der Waals surface area contributed by atoms with Crippen LogP contribution < -0.4 is 9.47 Å². The Balaban J connectivity index is 1.49. The van der Waals surface area contributed by atoms with E-state index in [9.17, 15) is 4.79 Å². The second-order valence-corrected chi connectivity index (χ2v) is 6.07. The van der Waals surface area contributed by atoms with Gasteiger partial charge in [-0.2, -0.15) is 0 Å². The normalized spacial score (nSPS) is 16.2.